The Balaban J connectivity index is 2.93. The third-order valence-corrected chi connectivity index (χ3v) is 5.01. The van der Waals surface area contributed by atoms with Crippen molar-refractivity contribution in [3.63, 3.8) is 0 Å². The number of thiophene rings is 1. The molecule has 0 saturated heterocycles. The highest BCUT2D eigenvalue weighted by Gasteiger charge is 2.29. The van der Waals surface area contributed by atoms with Crippen molar-refractivity contribution >= 4 is 49.1 Å². The Morgan fingerprint density at radius 1 is 1.53 bits per heavy atom. The summed E-state index contributed by atoms with van der Waals surface area (Å²) < 4.78 is 1.64. The van der Waals surface area contributed by atoms with E-state index in [4.69, 9.17) is 5.26 Å². The molecule has 6 heteroatoms. The van der Waals surface area contributed by atoms with Crippen LogP contribution in [0, 0.1) is 11.3 Å². The molecule has 0 saturated carbocycles. The van der Waals surface area contributed by atoms with E-state index in [1.54, 1.807) is 6.07 Å². The van der Waals surface area contributed by atoms with Gasteiger partial charge in [-0.05, 0) is 50.8 Å². The summed E-state index contributed by atoms with van der Waals surface area (Å²) in [6.07, 6.45) is 1.18. The first kappa shape index (κ1) is 14.7. The van der Waals surface area contributed by atoms with E-state index < -0.39 is 5.54 Å². The van der Waals surface area contributed by atoms with E-state index in [9.17, 15) is 4.79 Å². The molecule has 0 radical (unpaired) electrons. The van der Waals surface area contributed by atoms with Crippen LogP contribution in [0.1, 0.15) is 37.0 Å². The van der Waals surface area contributed by atoms with Crippen molar-refractivity contribution in [1.82, 2.24) is 5.32 Å². The lowest BCUT2D eigenvalue weighted by atomic mass is 9.94. The van der Waals surface area contributed by atoms with Crippen LogP contribution in [0.25, 0.3) is 0 Å². The molecule has 0 spiro atoms. The van der Waals surface area contributed by atoms with Crippen molar-refractivity contribution in [2.24, 2.45) is 0 Å². The maximum absolute atomic E-state index is 12.1. The van der Waals surface area contributed by atoms with Crippen LogP contribution >= 0.6 is 43.2 Å². The van der Waals surface area contributed by atoms with Crippen molar-refractivity contribution in [3.8, 4) is 6.07 Å². The predicted octanol–water partition coefficient (Wildman–Crippen LogP) is 4.09. The van der Waals surface area contributed by atoms with Gasteiger partial charge >= 0.3 is 0 Å². The van der Waals surface area contributed by atoms with E-state index in [1.807, 2.05) is 13.8 Å². The third-order valence-electron chi connectivity index (χ3n) is 2.68. The van der Waals surface area contributed by atoms with Crippen molar-refractivity contribution < 1.29 is 4.79 Å². The van der Waals surface area contributed by atoms with Gasteiger partial charge in [0.25, 0.3) is 5.91 Å². The number of halogens is 2. The fraction of sp³-hybridized carbons (Fsp3) is 0.455. The highest BCUT2D eigenvalue weighted by atomic mass is 79.9. The van der Waals surface area contributed by atoms with Gasteiger partial charge in [-0.25, -0.2) is 0 Å². The molecule has 92 valence electrons. The average molecular weight is 380 g/mol. The molecule has 1 amide bonds. The average Bonchev–Trinajstić information content (AvgIpc) is 2.65. The Labute approximate surface area is 121 Å². The molecule has 17 heavy (non-hydrogen) atoms. The van der Waals surface area contributed by atoms with Crippen LogP contribution in [0.4, 0.5) is 0 Å². The van der Waals surface area contributed by atoms with Crippen molar-refractivity contribution in [2.75, 3.05) is 0 Å². The number of nitrogens with zero attached hydrogens (tertiary/aromatic N) is 1. The second-order valence-electron chi connectivity index (χ2n) is 3.59. The van der Waals surface area contributed by atoms with E-state index in [0.29, 0.717) is 18.4 Å². The zero-order chi connectivity index (χ0) is 13.1. The van der Waals surface area contributed by atoms with Gasteiger partial charge in [0.2, 0.25) is 0 Å². The number of carbonyl (C=O) groups excluding carboxylic acids is 1. The van der Waals surface area contributed by atoms with E-state index in [-0.39, 0.29) is 5.91 Å². The predicted molar refractivity (Wildman–Crippen MR) is 76.1 cm³/mol. The van der Waals surface area contributed by atoms with Gasteiger partial charge in [0, 0.05) is 0 Å². The molecule has 0 aliphatic heterocycles. The molecule has 3 nitrogen and oxygen atoms in total. The minimum absolute atomic E-state index is 0.218. The Kier molecular flexibility index (Phi) is 5.17. The van der Waals surface area contributed by atoms with Crippen molar-refractivity contribution in [3.05, 3.63) is 19.2 Å². The topological polar surface area (TPSA) is 52.9 Å². The summed E-state index contributed by atoms with van der Waals surface area (Å²) in [7, 11) is 0. The zero-order valence-corrected chi connectivity index (χ0v) is 13.5. The molecule has 1 N–H and O–H groups in total. The fourth-order valence-corrected chi connectivity index (χ4v) is 4.19. The molecule has 0 unspecified atom stereocenters. The van der Waals surface area contributed by atoms with Crippen LogP contribution in [0.5, 0.6) is 0 Å². The summed E-state index contributed by atoms with van der Waals surface area (Å²) in [5.74, 6) is -0.218. The summed E-state index contributed by atoms with van der Waals surface area (Å²) in [5, 5.41) is 12.0. The van der Waals surface area contributed by atoms with Gasteiger partial charge in [-0.1, -0.05) is 13.8 Å². The first-order chi connectivity index (χ1) is 7.98. The first-order valence-corrected chi connectivity index (χ1v) is 7.57. The number of nitrogens with one attached hydrogen (secondary N) is 1. The van der Waals surface area contributed by atoms with E-state index in [1.165, 1.54) is 11.3 Å². The summed E-state index contributed by atoms with van der Waals surface area (Å²) in [5.41, 5.74) is -0.214. The van der Waals surface area contributed by atoms with Crippen LogP contribution in [-0.4, -0.2) is 11.4 Å². The number of hydrogen-bond donors (Lipinski definition) is 1. The highest BCUT2D eigenvalue weighted by molar-refractivity contribution is 9.12. The molecular formula is C11H12Br2N2OS. The van der Waals surface area contributed by atoms with Crippen LogP contribution < -0.4 is 5.32 Å². The maximum atomic E-state index is 12.1. The van der Waals surface area contributed by atoms with Gasteiger partial charge < -0.3 is 5.32 Å². The Bertz CT molecular complexity index is 461. The number of hydrogen-bond acceptors (Lipinski definition) is 3. The second kappa shape index (κ2) is 5.98. The van der Waals surface area contributed by atoms with Crippen LogP contribution in [-0.2, 0) is 0 Å². The molecule has 0 bridgehead atoms. The molecule has 0 aliphatic rings. The smallest absolute Gasteiger partial charge is 0.254 e. The first-order valence-electron chi connectivity index (χ1n) is 5.16. The maximum Gasteiger partial charge on any atom is 0.254 e. The molecule has 1 heterocycles. The minimum atomic E-state index is -0.773. The van der Waals surface area contributed by atoms with Crippen LogP contribution in [0.15, 0.2) is 13.6 Å². The molecule has 0 fully saturated rings. The quantitative estimate of drug-likeness (QED) is 0.856. The number of amides is 1. The number of nitriles is 1. The molecule has 0 atom stereocenters. The molecule has 1 rings (SSSR count). The van der Waals surface area contributed by atoms with Crippen LogP contribution in [0.2, 0.25) is 0 Å². The summed E-state index contributed by atoms with van der Waals surface area (Å²) in [6, 6.07) is 3.93. The summed E-state index contributed by atoms with van der Waals surface area (Å²) in [6.45, 7) is 3.79. The SMILES string of the molecule is CCC(C#N)(CC)NC(=O)c1cc(Br)sc1Br. The van der Waals surface area contributed by atoms with Crippen LogP contribution in [0.3, 0.4) is 0 Å². The van der Waals surface area contributed by atoms with Crippen molar-refractivity contribution in [1.29, 1.82) is 5.26 Å². The Morgan fingerprint density at radius 2 is 2.12 bits per heavy atom. The number of rotatable bonds is 4. The van der Waals surface area contributed by atoms with Gasteiger partial charge in [0.15, 0.2) is 0 Å². The molecule has 1 aromatic heterocycles. The lowest BCUT2D eigenvalue weighted by molar-refractivity contribution is 0.0915. The van der Waals surface area contributed by atoms with E-state index in [0.717, 1.165) is 7.57 Å². The minimum Gasteiger partial charge on any atom is -0.334 e. The van der Waals surface area contributed by atoms with Gasteiger partial charge in [-0.2, -0.15) is 5.26 Å². The molecule has 0 aromatic carbocycles. The normalized spacial score (nSPS) is 11.0. The van der Waals surface area contributed by atoms with Gasteiger partial charge in [-0.15, -0.1) is 11.3 Å². The lowest BCUT2D eigenvalue weighted by Crippen LogP contribution is -2.46. The largest absolute Gasteiger partial charge is 0.334 e. The van der Waals surface area contributed by atoms with Gasteiger partial charge in [0.1, 0.15) is 5.54 Å². The highest BCUT2D eigenvalue weighted by Crippen LogP contribution is 2.32. The fourth-order valence-electron chi connectivity index (χ4n) is 1.39. The van der Waals surface area contributed by atoms with Gasteiger partial charge in [-0.3, -0.25) is 4.79 Å². The number of carbonyl (C=O) groups is 1. The second-order valence-corrected chi connectivity index (χ2v) is 7.34. The lowest BCUT2D eigenvalue weighted by Gasteiger charge is -2.24. The molecular weight excluding hydrogens is 368 g/mol. The summed E-state index contributed by atoms with van der Waals surface area (Å²) >= 11 is 8.10. The monoisotopic (exact) mass is 378 g/mol. The molecule has 0 aliphatic carbocycles. The third kappa shape index (κ3) is 3.30. The summed E-state index contributed by atoms with van der Waals surface area (Å²) in [4.78, 5) is 12.1. The van der Waals surface area contributed by atoms with Gasteiger partial charge in [0.05, 0.1) is 19.2 Å². The standard InChI is InChI=1S/C11H12Br2N2OS/c1-3-11(4-2,6-14)15-10(16)7-5-8(12)17-9(7)13/h5H,3-4H2,1-2H3,(H,15,16). The Morgan fingerprint density at radius 3 is 2.47 bits per heavy atom. The Hall–Kier alpha value is -0.380. The van der Waals surface area contributed by atoms with Crippen molar-refractivity contribution in [2.45, 2.75) is 32.2 Å². The molecule has 1 aromatic rings. The zero-order valence-electron chi connectivity index (χ0n) is 9.51. The van der Waals surface area contributed by atoms with E-state index in [2.05, 4.69) is 43.2 Å². The van der Waals surface area contributed by atoms with E-state index >= 15 is 0 Å².